The van der Waals surface area contributed by atoms with Gasteiger partial charge in [-0.2, -0.15) is 0 Å². The minimum absolute atomic E-state index is 0.119. The summed E-state index contributed by atoms with van der Waals surface area (Å²) in [5.41, 5.74) is 4.43. The molecule has 0 radical (unpaired) electrons. The zero-order chi connectivity index (χ0) is 20.4. The van der Waals surface area contributed by atoms with Crippen LogP contribution in [0.25, 0.3) is 10.9 Å². The van der Waals surface area contributed by atoms with Crippen molar-refractivity contribution in [1.82, 2.24) is 15.2 Å². The maximum absolute atomic E-state index is 12.3. The Labute approximate surface area is 170 Å². The van der Waals surface area contributed by atoms with Crippen LogP contribution >= 0.6 is 0 Å². The number of aromatic amines is 1. The van der Waals surface area contributed by atoms with E-state index in [2.05, 4.69) is 39.5 Å². The first-order valence-electron chi connectivity index (χ1n) is 9.87. The molecule has 0 aliphatic carbocycles. The highest BCUT2D eigenvalue weighted by Gasteiger charge is 2.34. The van der Waals surface area contributed by atoms with Gasteiger partial charge in [-0.3, -0.25) is 10.1 Å². The van der Waals surface area contributed by atoms with E-state index in [9.17, 15) is 4.79 Å². The molecule has 6 nitrogen and oxygen atoms in total. The Morgan fingerprint density at radius 1 is 1.14 bits per heavy atom. The third kappa shape index (κ3) is 3.99. The summed E-state index contributed by atoms with van der Waals surface area (Å²) >= 11 is 0. The van der Waals surface area contributed by atoms with Crippen molar-refractivity contribution in [2.75, 3.05) is 34.4 Å². The molecule has 1 aliphatic rings. The quantitative estimate of drug-likeness (QED) is 0.631. The van der Waals surface area contributed by atoms with Crippen LogP contribution in [-0.2, 0) is 16.0 Å². The highest BCUT2D eigenvalue weighted by molar-refractivity contribution is 5.87. The van der Waals surface area contributed by atoms with Gasteiger partial charge < -0.3 is 19.4 Å². The highest BCUT2D eigenvalue weighted by atomic mass is 16.5. The van der Waals surface area contributed by atoms with Crippen molar-refractivity contribution in [3.63, 3.8) is 0 Å². The van der Waals surface area contributed by atoms with Crippen LogP contribution in [0, 0.1) is 0 Å². The van der Waals surface area contributed by atoms with Crippen LogP contribution in [0.1, 0.15) is 22.9 Å². The van der Waals surface area contributed by atoms with Crippen molar-refractivity contribution in [2.45, 2.75) is 18.5 Å². The second-order valence-corrected chi connectivity index (χ2v) is 7.66. The molecule has 0 fully saturated rings. The maximum Gasteiger partial charge on any atom is 0.323 e. The largest absolute Gasteiger partial charge is 0.492 e. The molecule has 0 saturated carbocycles. The Kier molecular flexibility index (Phi) is 5.56. The van der Waals surface area contributed by atoms with E-state index in [4.69, 9.17) is 9.47 Å². The predicted molar refractivity (Wildman–Crippen MR) is 113 cm³/mol. The lowest BCUT2D eigenvalue weighted by Crippen LogP contribution is -2.45. The van der Waals surface area contributed by atoms with Gasteiger partial charge in [-0.15, -0.1) is 0 Å². The number of fused-ring (bicyclic) bond motifs is 3. The standard InChI is InChI=1S/C23H27N3O3/c1-26(2)12-13-29-16-10-8-15(9-11-16)21-22-18(14-20(25-21)23(27)28-3)17-6-4-5-7-19(17)24-22/h4-11,20-21,24-25H,12-14H2,1-3H3. The first-order chi connectivity index (χ1) is 14.1. The molecule has 4 rings (SSSR count). The van der Waals surface area contributed by atoms with E-state index >= 15 is 0 Å². The minimum atomic E-state index is -0.382. The maximum atomic E-state index is 12.3. The van der Waals surface area contributed by atoms with Gasteiger partial charge in [0, 0.05) is 29.6 Å². The Bertz CT molecular complexity index is 994. The molecule has 152 valence electrons. The van der Waals surface area contributed by atoms with E-state index < -0.39 is 0 Å². The second-order valence-electron chi connectivity index (χ2n) is 7.66. The molecule has 1 aromatic heterocycles. The van der Waals surface area contributed by atoms with Crippen molar-refractivity contribution in [3.05, 3.63) is 65.4 Å². The number of ether oxygens (including phenoxy) is 2. The molecular formula is C23H27N3O3. The van der Waals surface area contributed by atoms with Crippen LogP contribution < -0.4 is 10.1 Å². The molecule has 0 amide bonds. The molecule has 0 saturated heterocycles. The number of rotatable bonds is 6. The molecule has 6 heteroatoms. The molecule has 0 bridgehead atoms. The Morgan fingerprint density at radius 3 is 2.62 bits per heavy atom. The number of benzene rings is 2. The number of methoxy groups -OCH3 is 1. The number of hydrogen-bond acceptors (Lipinski definition) is 5. The topological polar surface area (TPSA) is 66.6 Å². The molecule has 1 aliphatic heterocycles. The van der Waals surface area contributed by atoms with Gasteiger partial charge >= 0.3 is 5.97 Å². The zero-order valence-corrected chi connectivity index (χ0v) is 17.1. The Hall–Kier alpha value is -2.83. The number of nitrogens with one attached hydrogen (secondary N) is 2. The number of para-hydroxylation sites is 1. The minimum Gasteiger partial charge on any atom is -0.492 e. The van der Waals surface area contributed by atoms with E-state index in [0.29, 0.717) is 13.0 Å². The molecule has 0 spiro atoms. The van der Waals surface area contributed by atoms with Gasteiger partial charge in [0.25, 0.3) is 0 Å². The van der Waals surface area contributed by atoms with Gasteiger partial charge in [0.1, 0.15) is 18.4 Å². The van der Waals surface area contributed by atoms with Crippen molar-refractivity contribution in [3.8, 4) is 5.75 Å². The number of hydrogen-bond donors (Lipinski definition) is 2. The zero-order valence-electron chi connectivity index (χ0n) is 17.1. The summed E-state index contributed by atoms with van der Waals surface area (Å²) in [4.78, 5) is 18.0. The molecule has 3 aromatic rings. The monoisotopic (exact) mass is 393 g/mol. The normalized spacial score (nSPS) is 18.6. The summed E-state index contributed by atoms with van der Waals surface area (Å²) < 4.78 is 10.8. The summed E-state index contributed by atoms with van der Waals surface area (Å²) in [5.74, 6) is 0.599. The highest BCUT2D eigenvalue weighted by Crippen LogP contribution is 2.35. The lowest BCUT2D eigenvalue weighted by molar-refractivity contribution is -0.143. The summed E-state index contributed by atoms with van der Waals surface area (Å²) in [5, 5.41) is 4.62. The van der Waals surface area contributed by atoms with E-state index in [-0.39, 0.29) is 18.1 Å². The van der Waals surface area contributed by atoms with Crippen LogP contribution in [0.5, 0.6) is 5.75 Å². The van der Waals surface area contributed by atoms with Crippen LogP contribution in [0.4, 0.5) is 0 Å². The van der Waals surface area contributed by atoms with Gasteiger partial charge in [-0.05, 0) is 43.4 Å². The summed E-state index contributed by atoms with van der Waals surface area (Å²) in [6.45, 7) is 1.51. The number of carbonyl (C=O) groups excluding carboxylic acids is 1. The number of carbonyl (C=O) groups is 1. The summed E-state index contributed by atoms with van der Waals surface area (Å²) in [6.07, 6.45) is 0.605. The lowest BCUT2D eigenvalue weighted by atomic mass is 9.90. The van der Waals surface area contributed by atoms with Crippen LogP contribution in [0.15, 0.2) is 48.5 Å². The van der Waals surface area contributed by atoms with Gasteiger partial charge in [-0.1, -0.05) is 30.3 Å². The molecule has 2 heterocycles. The van der Waals surface area contributed by atoms with Crippen molar-refractivity contribution in [1.29, 1.82) is 0 Å². The molecule has 2 atom stereocenters. The Balaban J connectivity index is 1.64. The third-order valence-corrected chi connectivity index (χ3v) is 5.42. The van der Waals surface area contributed by atoms with Crippen molar-refractivity contribution < 1.29 is 14.3 Å². The van der Waals surface area contributed by atoms with E-state index in [1.54, 1.807) is 0 Å². The van der Waals surface area contributed by atoms with Crippen molar-refractivity contribution >= 4 is 16.9 Å². The molecular weight excluding hydrogens is 366 g/mol. The molecule has 29 heavy (non-hydrogen) atoms. The summed E-state index contributed by atoms with van der Waals surface area (Å²) in [7, 11) is 5.48. The van der Waals surface area contributed by atoms with E-state index in [1.807, 2.05) is 38.4 Å². The molecule has 2 aromatic carbocycles. The number of nitrogens with zero attached hydrogens (tertiary/aromatic N) is 1. The van der Waals surface area contributed by atoms with Crippen LogP contribution in [-0.4, -0.2) is 56.3 Å². The van der Waals surface area contributed by atoms with Crippen molar-refractivity contribution in [2.24, 2.45) is 0 Å². The SMILES string of the molecule is COC(=O)C1Cc2c([nH]c3ccccc23)C(c2ccc(OCCN(C)C)cc2)N1. The number of esters is 1. The Morgan fingerprint density at radius 2 is 1.90 bits per heavy atom. The van der Waals surface area contributed by atoms with Gasteiger partial charge in [-0.25, -0.2) is 0 Å². The smallest absolute Gasteiger partial charge is 0.323 e. The molecule has 2 unspecified atom stereocenters. The summed E-state index contributed by atoms with van der Waals surface area (Å²) in [6, 6.07) is 15.8. The average molecular weight is 393 g/mol. The number of H-pyrrole nitrogens is 1. The fourth-order valence-corrected chi connectivity index (χ4v) is 3.89. The first-order valence-corrected chi connectivity index (χ1v) is 9.87. The van der Waals surface area contributed by atoms with E-state index in [1.165, 1.54) is 12.7 Å². The van der Waals surface area contributed by atoms with E-state index in [0.717, 1.165) is 34.5 Å². The lowest BCUT2D eigenvalue weighted by Gasteiger charge is -2.30. The number of likely N-dealkylation sites (N-methyl/N-ethyl adjacent to an activating group) is 1. The molecule has 2 N–H and O–H groups in total. The first kappa shape index (κ1) is 19.5. The fourth-order valence-electron chi connectivity index (χ4n) is 3.89. The third-order valence-electron chi connectivity index (χ3n) is 5.42. The predicted octanol–water partition coefficient (Wildman–Crippen LogP) is 2.89. The number of aromatic nitrogens is 1. The fraction of sp³-hybridized carbons (Fsp3) is 0.348. The van der Waals surface area contributed by atoms with Crippen LogP contribution in [0.2, 0.25) is 0 Å². The van der Waals surface area contributed by atoms with Gasteiger partial charge in [0.05, 0.1) is 13.2 Å². The van der Waals surface area contributed by atoms with Gasteiger partial charge in [0.15, 0.2) is 0 Å². The second kappa shape index (κ2) is 8.27. The van der Waals surface area contributed by atoms with Gasteiger partial charge in [0.2, 0.25) is 0 Å². The average Bonchev–Trinajstić information content (AvgIpc) is 3.11. The van der Waals surface area contributed by atoms with Crippen LogP contribution in [0.3, 0.4) is 0 Å².